The van der Waals surface area contributed by atoms with E-state index in [9.17, 15) is 5.11 Å². The highest BCUT2D eigenvalue weighted by molar-refractivity contribution is 5.49. The number of rotatable bonds is 3. The normalized spacial score (nSPS) is 16.9. The minimum Gasteiger partial charge on any atom is -0.389 e. The SMILES string of the molecule is C[C@H](O)c1cccnc1N1CCN(c2ncccn2)CC1. The number of hydrogen-bond donors (Lipinski definition) is 1. The lowest BCUT2D eigenvalue weighted by Crippen LogP contribution is -2.47. The van der Waals surface area contributed by atoms with E-state index in [0.717, 1.165) is 43.5 Å². The highest BCUT2D eigenvalue weighted by Crippen LogP contribution is 2.25. The molecule has 1 aliphatic heterocycles. The van der Waals surface area contributed by atoms with Crippen LogP contribution in [0.3, 0.4) is 0 Å². The molecule has 1 saturated heterocycles. The summed E-state index contributed by atoms with van der Waals surface area (Å²) in [5.74, 6) is 1.65. The van der Waals surface area contributed by atoms with Crippen molar-refractivity contribution in [3.05, 3.63) is 42.4 Å². The maximum atomic E-state index is 9.87. The highest BCUT2D eigenvalue weighted by Gasteiger charge is 2.22. The van der Waals surface area contributed by atoms with Crippen LogP contribution < -0.4 is 9.80 Å². The molecule has 1 N–H and O–H groups in total. The lowest BCUT2D eigenvalue weighted by Gasteiger charge is -2.36. The Bertz CT molecular complexity index is 582. The Morgan fingerprint density at radius 1 is 0.952 bits per heavy atom. The van der Waals surface area contributed by atoms with Crippen LogP contribution in [0.2, 0.25) is 0 Å². The standard InChI is InChI=1S/C15H19N5O/c1-12(21)13-4-2-5-16-14(13)19-8-10-20(11-9-19)15-17-6-3-7-18-15/h2-7,12,21H,8-11H2,1H3/t12-/m0/s1. The monoisotopic (exact) mass is 285 g/mol. The molecule has 1 aliphatic rings. The maximum absolute atomic E-state index is 9.87. The molecule has 0 saturated carbocycles. The molecule has 2 aromatic heterocycles. The number of aromatic nitrogens is 3. The summed E-state index contributed by atoms with van der Waals surface area (Å²) < 4.78 is 0. The summed E-state index contributed by atoms with van der Waals surface area (Å²) in [5.41, 5.74) is 0.877. The number of nitrogens with zero attached hydrogens (tertiary/aromatic N) is 5. The van der Waals surface area contributed by atoms with E-state index >= 15 is 0 Å². The van der Waals surface area contributed by atoms with Crippen molar-refractivity contribution >= 4 is 11.8 Å². The quantitative estimate of drug-likeness (QED) is 0.915. The summed E-state index contributed by atoms with van der Waals surface area (Å²) in [6.07, 6.45) is 4.79. The van der Waals surface area contributed by atoms with Crippen molar-refractivity contribution in [2.45, 2.75) is 13.0 Å². The summed E-state index contributed by atoms with van der Waals surface area (Å²) >= 11 is 0. The van der Waals surface area contributed by atoms with Crippen LogP contribution in [0, 0.1) is 0 Å². The zero-order chi connectivity index (χ0) is 14.7. The van der Waals surface area contributed by atoms with Crippen LogP contribution >= 0.6 is 0 Å². The van der Waals surface area contributed by atoms with Crippen molar-refractivity contribution in [1.82, 2.24) is 15.0 Å². The number of pyridine rings is 1. The summed E-state index contributed by atoms with van der Waals surface area (Å²) in [6, 6.07) is 5.61. The van der Waals surface area contributed by atoms with Crippen LogP contribution in [-0.2, 0) is 0 Å². The molecule has 6 heteroatoms. The number of anilines is 2. The molecule has 1 atom stereocenters. The highest BCUT2D eigenvalue weighted by atomic mass is 16.3. The Labute approximate surface area is 124 Å². The largest absolute Gasteiger partial charge is 0.389 e. The predicted octanol–water partition coefficient (Wildman–Crippen LogP) is 1.25. The molecule has 21 heavy (non-hydrogen) atoms. The summed E-state index contributed by atoms with van der Waals surface area (Å²) in [6.45, 7) is 5.15. The first kappa shape index (κ1) is 13.8. The lowest BCUT2D eigenvalue weighted by molar-refractivity contribution is 0.199. The summed E-state index contributed by atoms with van der Waals surface area (Å²) in [5, 5.41) is 9.87. The van der Waals surface area contributed by atoms with Crippen LogP contribution in [0.1, 0.15) is 18.6 Å². The van der Waals surface area contributed by atoms with Crippen molar-refractivity contribution < 1.29 is 5.11 Å². The van der Waals surface area contributed by atoms with Gasteiger partial charge in [0, 0.05) is 50.3 Å². The molecule has 0 aromatic carbocycles. The Kier molecular flexibility index (Phi) is 3.96. The van der Waals surface area contributed by atoms with Gasteiger partial charge in [-0.15, -0.1) is 0 Å². The van der Waals surface area contributed by atoms with E-state index in [1.54, 1.807) is 25.5 Å². The zero-order valence-electron chi connectivity index (χ0n) is 12.1. The molecule has 0 aliphatic carbocycles. The zero-order valence-corrected chi connectivity index (χ0v) is 12.1. The minimum absolute atomic E-state index is 0.510. The van der Waals surface area contributed by atoms with Gasteiger partial charge in [-0.25, -0.2) is 15.0 Å². The maximum Gasteiger partial charge on any atom is 0.225 e. The van der Waals surface area contributed by atoms with E-state index in [1.807, 2.05) is 18.2 Å². The van der Waals surface area contributed by atoms with Gasteiger partial charge in [0.2, 0.25) is 5.95 Å². The van der Waals surface area contributed by atoms with Crippen LogP contribution in [-0.4, -0.2) is 46.2 Å². The average molecular weight is 285 g/mol. The second-order valence-corrected chi connectivity index (χ2v) is 5.12. The van der Waals surface area contributed by atoms with Gasteiger partial charge in [0.15, 0.2) is 0 Å². The van der Waals surface area contributed by atoms with Gasteiger partial charge in [-0.1, -0.05) is 6.07 Å². The number of aliphatic hydroxyl groups excluding tert-OH is 1. The minimum atomic E-state index is -0.510. The second kappa shape index (κ2) is 6.05. The second-order valence-electron chi connectivity index (χ2n) is 5.12. The smallest absolute Gasteiger partial charge is 0.225 e. The number of aliphatic hydroxyl groups is 1. The van der Waals surface area contributed by atoms with Gasteiger partial charge in [-0.05, 0) is 19.1 Å². The first-order valence-corrected chi connectivity index (χ1v) is 7.15. The van der Waals surface area contributed by atoms with E-state index in [4.69, 9.17) is 0 Å². The average Bonchev–Trinajstić information content (AvgIpc) is 2.56. The van der Waals surface area contributed by atoms with Gasteiger partial charge < -0.3 is 14.9 Å². The Morgan fingerprint density at radius 3 is 2.24 bits per heavy atom. The van der Waals surface area contributed by atoms with Gasteiger partial charge >= 0.3 is 0 Å². The third-order valence-electron chi connectivity index (χ3n) is 3.68. The van der Waals surface area contributed by atoms with E-state index in [1.165, 1.54) is 0 Å². The van der Waals surface area contributed by atoms with Crippen molar-refractivity contribution in [1.29, 1.82) is 0 Å². The summed E-state index contributed by atoms with van der Waals surface area (Å²) in [7, 11) is 0. The van der Waals surface area contributed by atoms with Gasteiger partial charge in [-0.2, -0.15) is 0 Å². The molecule has 110 valence electrons. The molecule has 1 fully saturated rings. The lowest BCUT2D eigenvalue weighted by atomic mass is 10.1. The third kappa shape index (κ3) is 2.95. The van der Waals surface area contributed by atoms with Crippen LogP contribution in [0.25, 0.3) is 0 Å². The van der Waals surface area contributed by atoms with E-state index < -0.39 is 6.10 Å². The molecule has 2 aromatic rings. The Balaban J connectivity index is 1.72. The first-order valence-electron chi connectivity index (χ1n) is 7.15. The molecular formula is C15H19N5O. The molecule has 0 unspecified atom stereocenters. The third-order valence-corrected chi connectivity index (χ3v) is 3.68. The van der Waals surface area contributed by atoms with Crippen molar-refractivity contribution in [2.75, 3.05) is 36.0 Å². The van der Waals surface area contributed by atoms with E-state index in [0.29, 0.717) is 0 Å². The van der Waals surface area contributed by atoms with E-state index in [-0.39, 0.29) is 0 Å². The fraction of sp³-hybridized carbons (Fsp3) is 0.400. The van der Waals surface area contributed by atoms with Crippen molar-refractivity contribution in [3.63, 3.8) is 0 Å². The molecule has 0 radical (unpaired) electrons. The molecule has 3 heterocycles. The van der Waals surface area contributed by atoms with Gasteiger partial charge in [0.05, 0.1) is 6.10 Å². The molecule has 3 rings (SSSR count). The number of hydrogen-bond acceptors (Lipinski definition) is 6. The molecule has 0 amide bonds. The molecular weight excluding hydrogens is 266 g/mol. The molecule has 0 spiro atoms. The van der Waals surface area contributed by atoms with Crippen molar-refractivity contribution in [3.8, 4) is 0 Å². The molecule has 6 nitrogen and oxygen atoms in total. The van der Waals surface area contributed by atoms with Gasteiger partial charge in [0.25, 0.3) is 0 Å². The fourth-order valence-electron chi connectivity index (χ4n) is 2.57. The van der Waals surface area contributed by atoms with Crippen LogP contribution in [0.4, 0.5) is 11.8 Å². The molecule has 0 bridgehead atoms. The predicted molar refractivity (Wildman–Crippen MR) is 81.3 cm³/mol. The van der Waals surface area contributed by atoms with Crippen LogP contribution in [0.15, 0.2) is 36.8 Å². The fourth-order valence-corrected chi connectivity index (χ4v) is 2.57. The van der Waals surface area contributed by atoms with E-state index in [2.05, 4.69) is 24.8 Å². The Hall–Kier alpha value is -2.21. The van der Waals surface area contributed by atoms with Gasteiger partial charge in [0.1, 0.15) is 5.82 Å². The number of piperazine rings is 1. The van der Waals surface area contributed by atoms with Crippen LogP contribution in [0.5, 0.6) is 0 Å². The summed E-state index contributed by atoms with van der Waals surface area (Å²) in [4.78, 5) is 17.4. The topological polar surface area (TPSA) is 65.4 Å². The van der Waals surface area contributed by atoms with Gasteiger partial charge in [-0.3, -0.25) is 0 Å². The van der Waals surface area contributed by atoms with Crippen molar-refractivity contribution in [2.24, 2.45) is 0 Å². The first-order chi connectivity index (χ1) is 10.3. The Morgan fingerprint density at radius 2 is 1.57 bits per heavy atom.